The fraction of sp³-hybridized carbons (Fsp3) is 0.381. The summed E-state index contributed by atoms with van der Waals surface area (Å²) in [6.07, 6.45) is 5.60. The van der Waals surface area contributed by atoms with Gasteiger partial charge in [-0.25, -0.2) is 9.18 Å². The topological polar surface area (TPSA) is 26.3 Å². The summed E-state index contributed by atoms with van der Waals surface area (Å²) in [7, 11) is 0. The average Bonchev–Trinajstić information content (AvgIpc) is 3.04. The van der Waals surface area contributed by atoms with Crippen LogP contribution in [0.5, 0.6) is 0 Å². The fourth-order valence-corrected chi connectivity index (χ4v) is 4.57. The minimum atomic E-state index is -0.278. The molecule has 24 heavy (non-hydrogen) atoms. The van der Waals surface area contributed by atoms with Crippen LogP contribution in [0.25, 0.3) is 6.08 Å². The predicted octanol–water partition coefficient (Wildman–Crippen LogP) is 4.68. The lowest BCUT2D eigenvalue weighted by Crippen LogP contribution is -2.28. The molecule has 0 spiro atoms. The smallest absolute Gasteiger partial charge is 0.334 e. The number of carbonyl (C=O) groups is 1. The predicted molar refractivity (Wildman–Crippen MR) is 91.5 cm³/mol. The molecule has 0 aromatic heterocycles. The summed E-state index contributed by atoms with van der Waals surface area (Å²) in [5.74, 6) is 0.155. The molecule has 3 fully saturated rings. The van der Waals surface area contributed by atoms with E-state index >= 15 is 0 Å². The molecule has 2 nitrogen and oxygen atoms in total. The summed E-state index contributed by atoms with van der Waals surface area (Å²) in [6, 6.07) is 6.20. The van der Waals surface area contributed by atoms with Crippen LogP contribution in [-0.2, 0) is 9.53 Å². The van der Waals surface area contributed by atoms with Crippen molar-refractivity contribution in [1.29, 1.82) is 0 Å². The van der Waals surface area contributed by atoms with Crippen LogP contribution in [0.1, 0.15) is 31.2 Å². The third kappa shape index (κ3) is 2.43. The number of ether oxygens (including phenoxy) is 1. The second kappa shape index (κ2) is 5.73. The fourth-order valence-electron chi connectivity index (χ4n) is 4.57. The Morgan fingerprint density at radius 1 is 1.04 bits per heavy atom. The van der Waals surface area contributed by atoms with E-state index in [-0.39, 0.29) is 29.7 Å². The van der Waals surface area contributed by atoms with E-state index in [1.807, 2.05) is 6.08 Å². The van der Waals surface area contributed by atoms with Crippen molar-refractivity contribution >= 4 is 12.0 Å². The summed E-state index contributed by atoms with van der Waals surface area (Å²) in [5, 5.41) is 0. The van der Waals surface area contributed by atoms with Gasteiger partial charge >= 0.3 is 5.97 Å². The van der Waals surface area contributed by atoms with Gasteiger partial charge in [0.05, 0.1) is 0 Å². The summed E-state index contributed by atoms with van der Waals surface area (Å²) < 4.78 is 18.9. The first-order chi connectivity index (χ1) is 11.5. The molecule has 124 valence electrons. The lowest BCUT2D eigenvalue weighted by atomic mass is 9.81. The van der Waals surface area contributed by atoms with Crippen molar-refractivity contribution in [3.05, 3.63) is 65.5 Å². The van der Waals surface area contributed by atoms with E-state index in [2.05, 4.69) is 13.2 Å². The normalized spacial score (nSPS) is 34.0. The zero-order valence-electron chi connectivity index (χ0n) is 13.6. The molecule has 3 heteroatoms. The largest absolute Gasteiger partial charge is 0.458 e. The molecule has 0 amide bonds. The number of benzene rings is 1. The molecule has 0 bridgehead atoms. The molecular formula is C21H21FO2. The first-order valence-electron chi connectivity index (χ1n) is 8.58. The summed E-state index contributed by atoms with van der Waals surface area (Å²) >= 11 is 0. The highest BCUT2D eigenvalue weighted by molar-refractivity contribution is 5.96. The second-order valence-corrected chi connectivity index (χ2v) is 7.15. The van der Waals surface area contributed by atoms with Crippen LogP contribution in [-0.4, -0.2) is 12.1 Å². The van der Waals surface area contributed by atoms with Crippen LogP contribution in [0.3, 0.4) is 0 Å². The molecule has 1 aliphatic heterocycles. The van der Waals surface area contributed by atoms with Gasteiger partial charge in [0.15, 0.2) is 0 Å². The minimum Gasteiger partial charge on any atom is -0.458 e. The maximum atomic E-state index is 13.1. The van der Waals surface area contributed by atoms with E-state index in [0.29, 0.717) is 11.5 Å². The second-order valence-electron chi connectivity index (χ2n) is 7.15. The number of esters is 1. The van der Waals surface area contributed by atoms with Crippen molar-refractivity contribution in [1.82, 2.24) is 0 Å². The van der Waals surface area contributed by atoms with Gasteiger partial charge in [0.25, 0.3) is 0 Å². The van der Waals surface area contributed by atoms with E-state index in [1.165, 1.54) is 23.3 Å². The summed E-state index contributed by atoms with van der Waals surface area (Å²) in [4.78, 5) is 12.5. The van der Waals surface area contributed by atoms with Gasteiger partial charge in [-0.05, 0) is 55.4 Å². The monoisotopic (exact) mass is 324 g/mol. The van der Waals surface area contributed by atoms with Gasteiger partial charge in [-0.15, -0.1) is 0 Å². The summed E-state index contributed by atoms with van der Waals surface area (Å²) in [5.41, 5.74) is 3.99. The Morgan fingerprint density at radius 3 is 2.46 bits per heavy atom. The molecule has 0 radical (unpaired) electrons. The van der Waals surface area contributed by atoms with Gasteiger partial charge in [-0.3, -0.25) is 0 Å². The molecule has 1 saturated heterocycles. The number of hydrogen-bond donors (Lipinski definition) is 0. The van der Waals surface area contributed by atoms with E-state index in [4.69, 9.17) is 4.74 Å². The molecule has 3 aliphatic rings. The van der Waals surface area contributed by atoms with Gasteiger partial charge in [0, 0.05) is 17.4 Å². The molecule has 1 aromatic carbocycles. The number of halogens is 1. The number of rotatable bonds is 1. The Labute approximate surface area is 141 Å². The van der Waals surface area contributed by atoms with Gasteiger partial charge in [0.1, 0.15) is 11.9 Å². The molecule has 2 saturated carbocycles. The van der Waals surface area contributed by atoms with E-state index in [9.17, 15) is 9.18 Å². The molecule has 4 rings (SSSR count). The van der Waals surface area contributed by atoms with Crippen LogP contribution < -0.4 is 0 Å². The Balaban J connectivity index is 1.71. The van der Waals surface area contributed by atoms with E-state index in [1.54, 1.807) is 12.1 Å². The SMILES string of the molecule is C=C1CC[C@H]2C(=C)CC[C@H]3/C(=C/c4ccc(F)cc4)C(=O)O[C@@H]3[C@@H]12. The van der Waals surface area contributed by atoms with Gasteiger partial charge in [-0.2, -0.15) is 0 Å². The molecule has 2 aliphatic carbocycles. The summed E-state index contributed by atoms with van der Waals surface area (Å²) in [6.45, 7) is 8.50. The quantitative estimate of drug-likeness (QED) is 0.426. The lowest BCUT2D eigenvalue weighted by Gasteiger charge is -2.26. The Morgan fingerprint density at radius 2 is 1.71 bits per heavy atom. The molecule has 4 atom stereocenters. The molecule has 0 unspecified atom stereocenters. The van der Waals surface area contributed by atoms with Crippen molar-refractivity contribution in [2.75, 3.05) is 0 Å². The zero-order valence-corrected chi connectivity index (χ0v) is 13.6. The highest BCUT2D eigenvalue weighted by Crippen LogP contribution is 2.52. The van der Waals surface area contributed by atoms with Crippen molar-refractivity contribution < 1.29 is 13.9 Å². The van der Waals surface area contributed by atoms with Crippen LogP contribution in [0.4, 0.5) is 4.39 Å². The Bertz CT molecular complexity index is 744. The number of carbonyl (C=O) groups excluding carboxylic acids is 1. The maximum absolute atomic E-state index is 13.1. The van der Waals surface area contributed by atoms with Crippen molar-refractivity contribution in [3.63, 3.8) is 0 Å². The van der Waals surface area contributed by atoms with Crippen LogP contribution >= 0.6 is 0 Å². The van der Waals surface area contributed by atoms with Gasteiger partial charge in [-0.1, -0.05) is 36.4 Å². The third-order valence-electron chi connectivity index (χ3n) is 5.80. The number of allylic oxidation sites excluding steroid dienone is 1. The van der Waals surface area contributed by atoms with Crippen molar-refractivity contribution in [3.8, 4) is 0 Å². The Hall–Kier alpha value is -2.16. The van der Waals surface area contributed by atoms with Crippen LogP contribution in [0.2, 0.25) is 0 Å². The Kier molecular flexibility index (Phi) is 3.67. The van der Waals surface area contributed by atoms with Gasteiger partial charge in [0.2, 0.25) is 0 Å². The van der Waals surface area contributed by atoms with Gasteiger partial charge < -0.3 is 4.74 Å². The standard InChI is InChI=1S/C21H21FO2/c1-12-3-10-17-18(11-14-5-7-15(22)8-6-14)21(23)24-20(17)19-13(2)4-9-16(12)19/h5-8,11,16-17,19-20H,1-4,9-10H2/b18-11-/t16-,17-,19-,20-/m0/s1. The minimum absolute atomic E-state index is 0.0733. The zero-order chi connectivity index (χ0) is 16.8. The highest BCUT2D eigenvalue weighted by atomic mass is 19.1. The first-order valence-corrected chi connectivity index (χ1v) is 8.58. The third-order valence-corrected chi connectivity index (χ3v) is 5.80. The van der Waals surface area contributed by atoms with E-state index < -0.39 is 0 Å². The van der Waals surface area contributed by atoms with Crippen LogP contribution in [0, 0.1) is 23.6 Å². The van der Waals surface area contributed by atoms with Crippen LogP contribution in [0.15, 0.2) is 54.1 Å². The maximum Gasteiger partial charge on any atom is 0.334 e. The van der Waals surface area contributed by atoms with Crippen molar-refractivity contribution in [2.24, 2.45) is 17.8 Å². The average molecular weight is 324 g/mol. The number of hydrogen-bond acceptors (Lipinski definition) is 2. The molecular weight excluding hydrogens is 303 g/mol. The van der Waals surface area contributed by atoms with Crippen molar-refractivity contribution in [2.45, 2.75) is 31.8 Å². The van der Waals surface area contributed by atoms with E-state index in [0.717, 1.165) is 31.2 Å². The first kappa shape index (κ1) is 15.4. The molecule has 1 heterocycles. The lowest BCUT2D eigenvalue weighted by molar-refractivity contribution is -0.140. The molecule has 0 N–H and O–H groups in total. The molecule has 1 aromatic rings. The number of fused-ring (bicyclic) bond motifs is 3. The highest BCUT2D eigenvalue weighted by Gasteiger charge is 2.50.